The highest BCUT2D eigenvalue weighted by atomic mass is 16.1. The molecule has 0 saturated heterocycles. The molecule has 0 spiro atoms. The average Bonchev–Trinajstić information content (AvgIpc) is 2.40. The van der Waals surface area contributed by atoms with Gasteiger partial charge in [0.2, 0.25) is 5.91 Å². The van der Waals surface area contributed by atoms with E-state index in [4.69, 9.17) is 5.73 Å². The van der Waals surface area contributed by atoms with Crippen molar-refractivity contribution in [3.63, 3.8) is 0 Å². The molecule has 5 heteroatoms. The van der Waals surface area contributed by atoms with Gasteiger partial charge in [0.15, 0.2) is 0 Å². The zero-order valence-corrected chi connectivity index (χ0v) is 11.9. The molecule has 0 aliphatic carbocycles. The summed E-state index contributed by atoms with van der Waals surface area (Å²) in [6.45, 7) is 6.67. The Morgan fingerprint density at radius 2 is 2.00 bits per heavy atom. The molecule has 5 nitrogen and oxygen atoms in total. The van der Waals surface area contributed by atoms with Crippen molar-refractivity contribution in [1.82, 2.24) is 4.98 Å². The van der Waals surface area contributed by atoms with Gasteiger partial charge in [-0.15, -0.1) is 0 Å². The van der Waals surface area contributed by atoms with Crippen molar-refractivity contribution in [1.29, 1.82) is 0 Å². The van der Waals surface area contributed by atoms with E-state index in [9.17, 15) is 4.79 Å². The molecule has 19 heavy (non-hydrogen) atoms. The first kappa shape index (κ1) is 15.4. The van der Waals surface area contributed by atoms with E-state index in [1.54, 1.807) is 6.20 Å². The molecule has 1 heterocycles. The van der Waals surface area contributed by atoms with Gasteiger partial charge in [0.05, 0.1) is 11.9 Å². The quantitative estimate of drug-likeness (QED) is 0.753. The normalized spacial score (nSPS) is 10.3. The number of pyridine rings is 1. The summed E-state index contributed by atoms with van der Waals surface area (Å²) < 4.78 is 0. The van der Waals surface area contributed by atoms with Crippen LogP contribution < -0.4 is 16.0 Å². The first-order valence-corrected chi connectivity index (χ1v) is 6.92. The zero-order chi connectivity index (χ0) is 14.1. The van der Waals surface area contributed by atoms with Crippen LogP contribution in [0.5, 0.6) is 0 Å². The van der Waals surface area contributed by atoms with Crippen molar-refractivity contribution in [2.45, 2.75) is 33.1 Å². The predicted octanol–water partition coefficient (Wildman–Crippen LogP) is 2.00. The number of aromatic nitrogens is 1. The standard InChI is InChI=1S/C14H24N4O/c1-3-9-18(10-4-2)13-6-5-12(11-16-13)17-14(19)7-8-15/h5-6,11H,3-4,7-10,15H2,1-2H3,(H,17,19). The molecule has 3 N–H and O–H groups in total. The van der Waals surface area contributed by atoms with E-state index in [0.717, 1.165) is 37.4 Å². The van der Waals surface area contributed by atoms with Crippen LogP contribution in [0.25, 0.3) is 0 Å². The van der Waals surface area contributed by atoms with E-state index in [2.05, 4.69) is 29.0 Å². The van der Waals surface area contributed by atoms with Crippen molar-refractivity contribution in [3.8, 4) is 0 Å². The van der Waals surface area contributed by atoms with E-state index in [0.29, 0.717) is 13.0 Å². The lowest BCUT2D eigenvalue weighted by Gasteiger charge is -2.22. The molecule has 1 aromatic heterocycles. The first-order valence-electron chi connectivity index (χ1n) is 6.92. The van der Waals surface area contributed by atoms with Crippen molar-refractivity contribution in [2.75, 3.05) is 29.9 Å². The molecule has 0 aliphatic heterocycles. The number of nitrogens with zero attached hydrogens (tertiary/aromatic N) is 2. The van der Waals surface area contributed by atoms with E-state index in [1.807, 2.05) is 12.1 Å². The highest BCUT2D eigenvalue weighted by molar-refractivity contribution is 5.90. The Hall–Kier alpha value is -1.62. The molecule has 106 valence electrons. The number of nitrogens with one attached hydrogen (secondary N) is 1. The van der Waals surface area contributed by atoms with Gasteiger partial charge in [0.25, 0.3) is 0 Å². The molecule has 0 aromatic carbocycles. The second-order valence-electron chi connectivity index (χ2n) is 4.48. The summed E-state index contributed by atoms with van der Waals surface area (Å²) in [6.07, 6.45) is 4.22. The molecule has 0 unspecified atom stereocenters. The number of nitrogens with two attached hydrogens (primary N) is 1. The maximum absolute atomic E-state index is 11.4. The predicted molar refractivity (Wildman–Crippen MR) is 79.3 cm³/mol. The zero-order valence-electron chi connectivity index (χ0n) is 11.9. The number of hydrogen-bond acceptors (Lipinski definition) is 4. The third-order valence-electron chi connectivity index (χ3n) is 2.71. The average molecular weight is 264 g/mol. The van der Waals surface area contributed by atoms with Crippen molar-refractivity contribution in [3.05, 3.63) is 18.3 Å². The van der Waals surface area contributed by atoms with Gasteiger partial charge in [-0.3, -0.25) is 4.79 Å². The van der Waals surface area contributed by atoms with Gasteiger partial charge in [0.1, 0.15) is 5.82 Å². The molecule has 0 fully saturated rings. The fourth-order valence-electron chi connectivity index (χ4n) is 1.88. The highest BCUT2D eigenvalue weighted by Crippen LogP contribution is 2.15. The van der Waals surface area contributed by atoms with Crippen LogP contribution in [0.2, 0.25) is 0 Å². The Labute approximate surface area is 115 Å². The second kappa shape index (κ2) is 8.48. The molecular weight excluding hydrogens is 240 g/mol. The fourth-order valence-corrected chi connectivity index (χ4v) is 1.88. The van der Waals surface area contributed by atoms with E-state index in [1.165, 1.54) is 0 Å². The fraction of sp³-hybridized carbons (Fsp3) is 0.571. The number of rotatable bonds is 8. The maximum atomic E-state index is 11.4. The lowest BCUT2D eigenvalue weighted by Crippen LogP contribution is -2.25. The lowest BCUT2D eigenvalue weighted by molar-refractivity contribution is -0.116. The molecule has 0 radical (unpaired) electrons. The van der Waals surface area contributed by atoms with Gasteiger partial charge in [-0.25, -0.2) is 4.98 Å². The van der Waals surface area contributed by atoms with Crippen LogP contribution >= 0.6 is 0 Å². The summed E-state index contributed by atoms with van der Waals surface area (Å²) in [6, 6.07) is 3.83. The SMILES string of the molecule is CCCN(CCC)c1ccc(NC(=O)CCN)cn1. The lowest BCUT2D eigenvalue weighted by atomic mass is 10.3. The van der Waals surface area contributed by atoms with Crippen molar-refractivity contribution in [2.24, 2.45) is 5.73 Å². The molecule has 1 rings (SSSR count). The molecule has 0 aliphatic rings. The Morgan fingerprint density at radius 1 is 1.32 bits per heavy atom. The third kappa shape index (κ3) is 5.26. The number of carbonyl (C=O) groups excluding carboxylic acids is 1. The largest absolute Gasteiger partial charge is 0.357 e. The molecule has 0 bridgehead atoms. The van der Waals surface area contributed by atoms with Gasteiger partial charge in [-0.2, -0.15) is 0 Å². The Balaban J connectivity index is 2.65. The summed E-state index contributed by atoms with van der Waals surface area (Å²) in [5, 5.41) is 2.77. The first-order chi connectivity index (χ1) is 9.21. The smallest absolute Gasteiger partial charge is 0.225 e. The van der Waals surface area contributed by atoms with Gasteiger partial charge in [-0.05, 0) is 25.0 Å². The highest BCUT2D eigenvalue weighted by Gasteiger charge is 2.06. The van der Waals surface area contributed by atoms with E-state index in [-0.39, 0.29) is 5.91 Å². The van der Waals surface area contributed by atoms with Crippen LogP contribution in [0.15, 0.2) is 18.3 Å². The Kier molecular flexibility index (Phi) is 6.89. The van der Waals surface area contributed by atoms with Crippen LogP contribution in [0.1, 0.15) is 33.1 Å². The summed E-state index contributed by atoms with van der Waals surface area (Å²) >= 11 is 0. The number of carbonyl (C=O) groups is 1. The summed E-state index contributed by atoms with van der Waals surface area (Å²) in [5.74, 6) is 0.886. The summed E-state index contributed by atoms with van der Waals surface area (Å²) in [4.78, 5) is 18.1. The number of anilines is 2. The minimum absolute atomic E-state index is 0.0731. The van der Waals surface area contributed by atoms with Gasteiger partial charge in [-0.1, -0.05) is 13.8 Å². The third-order valence-corrected chi connectivity index (χ3v) is 2.71. The van der Waals surface area contributed by atoms with Crippen LogP contribution in [0.3, 0.4) is 0 Å². The molecule has 1 amide bonds. The van der Waals surface area contributed by atoms with Crippen LogP contribution in [0.4, 0.5) is 11.5 Å². The topological polar surface area (TPSA) is 71.2 Å². The van der Waals surface area contributed by atoms with Crippen LogP contribution in [-0.4, -0.2) is 30.5 Å². The number of hydrogen-bond donors (Lipinski definition) is 2. The molecule has 0 saturated carbocycles. The van der Waals surface area contributed by atoms with E-state index < -0.39 is 0 Å². The monoisotopic (exact) mass is 264 g/mol. The minimum atomic E-state index is -0.0731. The van der Waals surface area contributed by atoms with Gasteiger partial charge < -0.3 is 16.0 Å². The summed E-state index contributed by atoms with van der Waals surface area (Å²) in [7, 11) is 0. The Morgan fingerprint density at radius 3 is 2.47 bits per heavy atom. The van der Waals surface area contributed by atoms with E-state index >= 15 is 0 Å². The Bertz CT molecular complexity index is 372. The van der Waals surface area contributed by atoms with Gasteiger partial charge >= 0.3 is 0 Å². The summed E-state index contributed by atoms with van der Waals surface area (Å²) in [5.41, 5.74) is 6.05. The second-order valence-corrected chi connectivity index (χ2v) is 4.48. The van der Waals surface area contributed by atoms with Gasteiger partial charge in [0, 0.05) is 26.1 Å². The number of amides is 1. The van der Waals surface area contributed by atoms with Crippen LogP contribution in [0, 0.1) is 0 Å². The minimum Gasteiger partial charge on any atom is -0.357 e. The van der Waals surface area contributed by atoms with Crippen molar-refractivity contribution >= 4 is 17.4 Å². The molecule has 1 aromatic rings. The molecule has 0 atom stereocenters. The maximum Gasteiger partial charge on any atom is 0.225 e. The van der Waals surface area contributed by atoms with Crippen LogP contribution in [-0.2, 0) is 4.79 Å². The van der Waals surface area contributed by atoms with Crippen molar-refractivity contribution < 1.29 is 4.79 Å². The molecular formula is C14H24N4O.